The van der Waals surface area contributed by atoms with Crippen molar-refractivity contribution >= 4 is 23.0 Å². The monoisotopic (exact) mass is 293 g/mol. The van der Waals surface area contributed by atoms with E-state index in [1.54, 1.807) is 6.92 Å². The van der Waals surface area contributed by atoms with Crippen LogP contribution in [0.1, 0.15) is 16.2 Å². The van der Waals surface area contributed by atoms with Crippen LogP contribution in [0.3, 0.4) is 0 Å². The first-order valence-corrected chi connectivity index (χ1v) is 6.86. The summed E-state index contributed by atoms with van der Waals surface area (Å²) in [7, 11) is 0. The van der Waals surface area contributed by atoms with E-state index >= 15 is 0 Å². The molecule has 110 valence electrons. The molecule has 1 amide bonds. The van der Waals surface area contributed by atoms with Crippen molar-refractivity contribution in [3.05, 3.63) is 72.4 Å². The first-order chi connectivity index (χ1) is 10.7. The summed E-state index contributed by atoms with van der Waals surface area (Å²) in [5.74, 6) is 0.208. The lowest BCUT2D eigenvalue weighted by Crippen LogP contribution is -2.13. The molecule has 0 fully saturated rings. The van der Waals surface area contributed by atoms with Crippen LogP contribution in [-0.4, -0.2) is 10.9 Å². The Labute approximate surface area is 128 Å². The molecule has 0 atom stereocenters. The summed E-state index contributed by atoms with van der Waals surface area (Å²) in [4.78, 5) is 16.0. The summed E-state index contributed by atoms with van der Waals surface area (Å²) in [5, 5.41) is 6.09. The van der Waals surface area contributed by atoms with Gasteiger partial charge in [-0.25, -0.2) is 4.98 Å². The highest BCUT2D eigenvalue weighted by Gasteiger charge is 2.13. The third-order valence-corrected chi connectivity index (χ3v) is 3.14. The number of oxazole rings is 1. The second-order valence-electron chi connectivity index (χ2n) is 4.78. The van der Waals surface area contributed by atoms with E-state index in [0.717, 1.165) is 11.4 Å². The van der Waals surface area contributed by atoms with Crippen LogP contribution in [0.25, 0.3) is 0 Å². The largest absolute Gasteiger partial charge is 0.448 e. The van der Waals surface area contributed by atoms with Crippen molar-refractivity contribution in [3.8, 4) is 0 Å². The number of anilines is 3. The molecule has 5 nitrogen and oxygen atoms in total. The maximum absolute atomic E-state index is 12.1. The molecule has 5 heteroatoms. The molecule has 22 heavy (non-hydrogen) atoms. The van der Waals surface area contributed by atoms with Crippen molar-refractivity contribution in [2.45, 2.75) is 6.92 Å². The average Bonchev–Trinajstić information content (AvgIpc) is 2.95. The van der Waals surface area contributed by atoms with Gasteiger partial charge in [0, 0.05) is 17.1 Å². The summed E-state index contributed by atoms with van der Waals surface area (Å²) in [6.07, 6.45) is 1.26. The number of nitrogens with zero attached hydrogens (tertiary/aromatic N) is 1. The topological polar surface area (TPSA) is 67.2 Å². The predicted octanol–water partition coefficient (Wildman–Crippen LogP) is 3.98. The molecule has 0 aliphatic carbocycles. The Kier molecular flexibility index (Phi) is 3.87. The normalized spacial score (nSPS) is 10.2. The van der Waals surface area contributed by atoms with E-state index in [4.69, 9.17) is 4.42 Å². The third-order valence-electron chi connectivity index (χ3n) is 3.14. The maximum atomic E-state index is 12.1. The van der Waals surface area contributed by atoms with Gasteiger partial charge in [0.25, 0.3) is 5.91 Å². The van der Waals surface area contributed by atoms with Crippen molar-refractivity contribution in [2.24, 2.45) is 0 Å². The SMILES string of the molecule is Cc1ocnc1C(=O)Nc1cccc(Nc2ccccc2)c1. The number of aromatic nitrogens is 1. The van der Waals surface area contributed by atoms with Crippen LogP contribution in [0.4, 0.5) is 17.1 Å². The Bertz CT molecular complexity index is 781. The number of amides is 1. The lowest BCUT2D eigenvalue weighted by Gasteiger charge is -2.09. The predicted molar refractivity (Wildman–Crippen MR) is 85.4 cm³/mol. The Morgan fingerprint density at radius 1 is 1.00 bits per heavy atom. The van der Waals surface area contributed by atoms with E-state index in [9.17, 15) is 4.79 Å². The molecule has 0 spiro atoms. The molecule has 0 unspecified atom stereocenters. The second kappa shape index (κ2) is 6.13. The summed E-state index contributed by atoms with van der Waals surface area (Å²) in [6, 6.07) is 17.3. The van der Waals surface area contributed by atoms with Crippen LogP contribution in [0.15, 0.2) is 65.4 Å². The van der Waals surface area contributed by atoms with E-state index in [-0.39, 0.29) is 5.91 Å². The number of para-hydroxylation sites is 1. The Balaban J connectivity index is 1.74. The number of rotatable bonds is 4. The lowest BCUT2D eigenvalue weighted by atomic mass is 10.2. The summed E-state index contributed by atoms with van der Waals surface area (Å²) in [6.45, 7) is 1.70. The van der Waals surface area contributed by atoms with Crippen molar-refractivity contribution in [1.82, 2.24) is 4.98 Å². The fraction of sp³-hybridized carbons (Fsp3) is 0.0588. The Hall–Kier alpha value is -3.08. The smallest absolute Gasteiger partial charge is 0.277 e. The van der Waals surface area contributed by atoms with Gasteiger partial charge in [0.2, 0.25) is 0 Å². The zero-order valence-corrected chi connectivity index (χ0v) is 12.0. The minimum Gasteiger partial charge on any atom is -0.448 e. The van der Waals surface area contributed by atoms with Crippen LogP contribution in [0.2, 0.25) is 0 Å². The van der Waals surface area contributed by atoms with Gasteiger partial charge >= 0.3 is 0 Å². The molecule has 3 aromatic rings. The van der Waals surface area contributed by atoms with E-state index in [1.165, 1.54) is 6.39 Å². The van der Waals surface area contributed by atoms with E-state index in [0.29, 0.717) is 17.1 Å². The molecule has 1 aromatic heterocycles. The van der Waals surface area contributed by atoms with Crippen LogP contribution in [0.5, 0.6) is 0 Å². The summed E-state index contributed by atoms with van der Waals surface area (Å²) in [5.41, 5.74) is 2.86. The number of hydrogen-bond donors (Lipinski definition) is 2. The van der Waals surface area contributed by atoms with E-state index in [2.05, 4.69) is 15.6 Å². The lowest BCUT2D eigenvalue weighted by molar-refractivity contribution is 0.102. The summed E-state index contributed by atoms with van der Waals surface area (Å²) >= 11 is 0. The molecule has 1 heterocycles. The molecule has 0 aliphatic heterocycles. The first-order valence-electron chi connectivity index (χ1n) is 6.86. The van der Waals surface area contributed by atoms with Gasteiger partial charge in [-0.05, 0) is 37.3 Å². The molecule has 0 bridgehead atoms. The van der Waals surface area contributed by atoms with Crippen molar-refractivity contribution in [2.75, 3.05) is 10.6 Å². The molecule has 2 aromatic carbocycles. The minimum absolute atomic E-state index is 0.289. The van der Waals surface area contributed by atoms with Crippen LogP contribution < -0.4 is 10.6 Å². The zero-order valence-electron chi connectivity index (χ0n) is 12.0. The molecule has 0 aliphatic rings. The molecule has 0 saturated carbocycles. The minimum atomic E-state index is -0.289. The maximum Gasteiger partial charge on any atom is 0.277 e. The van der Waals surface area contributed by atoms with Gasteiger partial charge in [-0.15, -0.1) is 0 Å². The zero-order chi connectivity index (χ0) is 15.4. The number of benzene rings is 2. The highest BCUT2D eigenvalue weighted by molar-refractivity contribution is 6.03. The van der Waals surface area contributed by atoms with Gasteiger partial charge < -0.3 is 15.1 Å². The fourth-order valence-electron chi connectivity index (χ4n) is 2.08. The van der Waals surface area contributed by atoms with E-state index in [1.807, 2.05) is 54.6 Å². The fourth-order valence-corrected chi connectivity index (χ4v) is 2.08. The average molecular weight is 293 g/mol. The number of aryl methyl sites for hydroxylation is 1. The van der Waals surface area contributed by atoms with Gasteiger partial charge in [-0.2, -0.15) is 0 Å². The van der Waals surface area contributed by atoms with Crippen molar-refractivity contribution in [1.29, 1.82) is 0 Å². The third kappa shape index (κ3) is 3.15. The van der Waals surface area contributed by atoms with Crippen molar-refractivity contribution in [3.63, 3.8) is 0 Å². The van der Waals surface area contributed by atoms with Gasteiger partial charge in [-0.3, -0.25) is 4.79 Å². The molecule has 0 saturated heterocycles. The van der Waals surface area contributed by atoms with Gasteiger partial charge in [0.05, 0.1) is 0 Å². The number of hydrogen-bond acceptors (Lipinski definition) is 4. The molecular formula is C17H15N3O2. The first kappa shape index (κ1) is 13.9. The second-order valence-corrected chi connectivity index (χ2v) is 4.78. The van der Waals surface area contributed by atoms with Crippen LogP contribution in [0, 0.1) is 6.92 Å². The van der Waals surface area contributed by atoms with Gasteiger partial charge in [0.15, 0.2) is 12.1 Å². The highest BCUT2D eigenvalue weighted by Crippen LogP contribution is 2.20. The quantitative estimate of drug-likeness (QED) is 0.763. The molecule has 0 radical (unpaired) electrons. The van der Waals surface area contributed by atoms with Crippen molar-refractivity contribution < 1.29 is 9.21 Å². The standard InChI is InChI=1S/C17H15N3O2/c1-12-16(18-11-22-12)17(21)20-15-9-5-8-14(10-15)19-13-6-3-2-4-7-13/h2-11,19H,1H3,(H,20,21). The number of carbonyl (C=O) groups is 1. The van der Waals surface area contributed by atoms with Crippen LogP contribution >= 0.6 is 0 Å². The number of nitrogens with one attached hydrogen (secondary N) is 2. The molecule has 2 N–H and O–H groups in total. The van der Waals surface area contributed by atoms with Crippen LogP contribution in [-0.2, 0) is 0 Å². The molecule has 3 rings (SSSR count). The molecular weight excluding hydrogens is 278 g/mol. The number of carbonyl (C=O) groups excluding carboxylic acids is 1. The Morgan fingerprint density at radius 2 is 1.73 bits per heavy atom. The Morgan fingerprint density at radius 3 is 2.45 bits per heavy atom. The highest BCUT2D eigenvalue weighted by atomic mass is 16.3. The van der Waals surface area contributed by atoms with Gasteiger partial charge in [-0.1, -0.05) is 24.3 Å². The van der Waals surface area contributed by atoms with E-state index < -0.39 is 0 Å². The van der Waals surface area contributed by atoms with Gasteiger partial charge in [0.1, 0.15) is 5.76 Å². The summed E-state index contributed by atoms with van der Waals surface area (Å²) < 4.78 is 5.04.